The lowest BCUT2D eigenvalue weighted by atomic mass is 10.0. The van der Waals surface area contributed by atoms with Gasteiger partial charge in [-0.1, -0.05) is 30.3 Å². The number of amides is 1. The van der Waals surface area contributed by atoms with Crippen LogP contribution in [0.25, 0.3) is 21.5 Å². The van der Waals surface area contributed by atoms with Gasteiger partial charge in [0.15, 0.2) is 0 Å². The first-order valence-electron chi connectivity index (χ1n) is 9.98. The minimum Gasteiger partial charge on any atom is -0.393 e. The van der Waals surface area contributed by atoms with Crippen LogP contribution in [0.15, 0.2) is 36.4 Å². The molecule has 2 unspecified atom stereocenters. The highest BCUT2D eigenvalue weighted by Crippen LogP contribution is 2.46. The lowest BCUT2D eigenvalue weighted by Gasteiger charge is -2.25. The minimum atomic E-state index is -0.136. The van der Waals surface area contributed by atoms with Gasteiger partial charge in [0.25, 0.3) is 5.91 Å². The fourth-order valence-corrected chi connectivity index (χ4v) is 6.22. The summed E-state index contributed by atoms with van der Waals surface area (Å²) in [6.07, 6.45) is 3.71. The largest absolute Gasteiger partial charge is 0.393 e. The molecule has 1 aromatic carbocycles. The highest BCUT2D eigenvalue weighted by Gasteiger charge is 2.43. The maximum Gasteiger partial charge on any atom is 0.264 e. The highest BCUT2D eigenvalue weighted by molar-refractivity contribution is 7.20. The summed E-state index contributed by atoms with van der Waals surface area (Å²) in [6.45, 7) is 0. The first kappa shape index (κ1) is 17.9. The fourth-order valence-electron chi connectivity index (χ4n) is 5.16. The van der Waals surface area contributed by atoms with E-state index in [-0.39, 0.29) is 18.1 Å². The van der Waals surface area contributed by atoms with Crippen LogP contribution in [0, 0.1) is 11.8 Å². The average molecular weight is 396 g/mol. The topological polar surface area (TPSA) is 58.4 Å². The number of thiophene rings is 1. The van der Waals surface area contributed by atoms with Crippen molar-refractivity contribution in [3.05, 3.63) is 41.3 Å². The molecule has 2 saturated carbocycles. The number of aromatic nitrogens is 2. The first-order chi connectivity index (χ1) is 13.5. The van der Waals surface area contributed by atoms with Crippen LogP contribution in [0.4, 0.5) is 0 Å². The number of hydrogen-bond acceptors (Lipinski definition) is 4. The Hall–Kier alpha value is -2.18. The van der Waals surface area contributed by atoms with E-state index < -0.39 is 0 Å². The molecule has 2 fully saturated rings. The van der Waals surface area contributed by atoms with Gasteiger partial charge in [-0.2, -0.15) is 5.10 Å². The number of hydrogen-bond donors (Lipinski definition) is 1. The maximum absolute atomic E-state index is 13.2. The van der Waals surface area contributed by atoms with Crippen molar-refractivity contribution in [3.8, 4) is 11.3 Å². The van der Waals surface area contributed by atoms with E-state index in [0.717, 1.165) is 52.0 Å². The van der Waals surface area contributed by atoms with E-state index in [0.29, 0.717) is 11.8 Å². The smallest absolute Gasteiger partial charge is 0.264 e. The molecule has 5 rings (SSSR count). The number of carbonyl (C=O) groups excluding carboxylic acids is 1. The molecular weight excluding hydrogens is 370 g/mol. The van der Waals surface area contributed by atoms with Crippen molar-refractivity contribution in [2.75, 3.05) is 7.05 Å². The Bertz CT molecular complexity index is 1010. The molecule has 146 valence electrons. The van der Waals surface area contributed by atoms with E-state index in [1.165, 1.54) is 11.3 Å². The molecule has 5 nitrogen and oxygen atoms in total. The molecule has 2 heterocycles. The van der Waals surface area contributed by atoms with E-state index >= 15 is 0 Å². The van der Waals surface area contributed by atoms with E-state index in [9.17, 15) is 9.90 Å². The third-order valence-corrected chi connectivity index (χ3v) is 7.79. The zero-order valence-electron chi connectivity index (χ0n) is 16.2. The molecule has 0 aliphatic heterocycles. The number of aliphatic hydroxyl groups is 1. The Kier molecular flexibility index (Phi) is 4.29. The van der Waals surface area contributed by atoms with Crippen molar-refractivity contribution in [2.24, 2.45) is 18.9 Å². The van der Waals surface area contributed by atoms with Gasteiger partial charge in [0.1, 0.15) is 10.5 Å². The monoisotopic (exact) mass is 395 g/mol. The van der Waals surface area contributed by atoms with E-state index in [2.05, 4.69) is 17.2 Å². The summed E-state index contributed by atoms with van der Waals surface area (Å²) in [6, 6.07) is 12.4. The number of carbonyl (C=O) groups is 1. The van der Waals surface area contributed by atoms with E-state index in [1.54, 1.807) is 0 Å². The standard InChI is InChI=1S/C22H25N3O2S/c1-24(16-8-14-10-17(26)11-15(14)9-16)21(27)19-12-18-20(13-6-4-3-5-7-13)23-25(2)22(18)28-19/h3-7,12,14-17,26H,8-11H2,1-2H3/t14-,15+,16?,17?. The van der Waals surface area contributed by atoms with Crippen molar-refractivity contribution in [1.29, 1.82) is 0 Å². The van der Waals surface area contributed by atoms with Crippen LogP contribution < -0.4 is 0 Å². The highest BCUT2D eigenvalue weighted by atomic mass is 32.1. The van der Waals surface area contributed by atoms with Crippen molar-refractivity contribution < 1.29 is 9.90 Å². The summed E-state index contributed by atoms with van der Waals surface area (Å²) in [4.78, 5) is 16.9. The molecule has 3 aromatic rings. The summed E-state index contributed by atoms with van der Waals surface area (Å²) in [7, 11) is 3.87. The molecule has 0 saturated heterocycles. The predicted octanol–water partition coefficient (Wildman–Crippen LogP) is 3.92. The number of nitrogens with zero attached hydrogens (tertiary/aromatic N) is 3. The van der Waals surface area contributed by atoms with Gasteiger partial charge in [-0.05, 0) is 43.6 Å². The Morgan fingerprint density at radius 2 is 1.86 bits per heavy atom. The van der Waals surface area contributed by atoms with Crippen LogP contribution in [0.2, 0.25) is 0 Å². The zero-order chi connectivity index (χ0) is 19.4. The number of fused-ring (bicyclic) bond motifs is 2. The Balaban J connectivity index is 1.41. The maximum atomic E-state index is 13.2. The number of aryl methyl sites for hydroxylation is 1. The third-order valence-electron chi connectivity index (χ3n) is 6.60. The second kappa shape index (κ2) is 6.71. The summed E-state index contributed by atoms with van der Waals surface area (Å²) in [5, 5.41) is 15.6. The second-order valence-corrected chi connectivity index (χ2v) is 9.39. The van der Waals surface area contributed by atoms with Crippen LogP contribution in [0.5, 0.6) is 0 Å². The minimum absolute atomic E-state index is 0.103. The van der Waals surface area contributed by atoms with Crippen molar-refractivity contribution in [2.45, 2.75) is 37.8 Å². The summed E-state index contributed by atoms with van der Waals surface area (Å²) in [5.74, 6) is 1.25. The Morgan fingerprint density at radius 1 is 1.18 bits per heavy atom. The Labute approximate surface area is 168 Å². The van der Waals surface area contributed by atoms with Gasteiger partial charge >= 0.3 is 0 Å². The lowest BCUT2D eigenvalue weighted by Crippen LogP contribution is -2.35. The van der Waals surface area contributed by atoms with Crippen LogP contribution in [0.3, 0.4) is 0 Å². The molecule has 4 atom stereocenters. The van der Waals surface area contributed by atoms with Crippen LogP contribution >= 0.6 is 11.3 Å². The molecule has 1 amide bonds. The van der Waals surface area contributed by atoms with E-state index in [1.807, 2.05) is 47.9 Å². The molecular formula is C22H25N3O2S. The van der Waals surface area contributed by atoms with Gasteiger partial charge in [-0.3, -0.25) is 9.48 Å². The molecule has 1 N–H and O–H groups in total. The fraction of sp³-hybridized carbons (Fsp3) is 0.455. The number of aliphatic hydroxyl groups excluding tert-OH is 1. The first-order valence-corrected chi connectivity index (χ1v) is 10.8. The van der Waals surface area contributed by atoms with Gasteiger partial charge in [0.05, 0.1) is 11.0 Å². The van der Waals surface area contributed by atoms with Gasteiger partial charge in [-0.15, -0.1) is 11.3 Å². The predicted molar refractivity (Wildman–Crippen MR) is 111 cm³/mol. The van der Waals surface area contributed by atoms with Gasteiger partial charge in [0.2, 0.25) is 0 Å². The van der Waals surface area contributed by atoms with Gasteiger partial charge < -0.3 is 10.0 Å². The third kappa shape index (κ3) is 2.86. The molecule has 0 spiro atoms. The second-order valence-electron chi connectivity index (χ2n) is 8.35. The van der Waals surface area contributed by atoms with Crippen molar-refractivity contribution in [1.82, 2.24) is 14.7 Å². The molecule has 2 aliphatic rings. The Morgan fingerprint density at radius 3 is 2.54 bits per heavy atom. The van der Waals surface area contributed by atoms with Crippen molar-refractivity contribution >= 4 is 27.5 Å². The molecule has 2 aromatic heterocycles. The summed E-state index contributed by atoms with van der Waals surface area (Å²) < 4.78 is 1.88. The van der Waals surface area contributed by atoms with Crippen molar-refractivity contribution in [3.63, 3.8) is 0 Å². The summed E-state index contributed by atoms with van der Waals surface area (Å²) in [5.41, 5.74) is 2.00. The molecule has 28 heavy (non-hydrogen) atoms. The lowest BCUT2D eigenvalue weighted by molar-refractivity contribution is 0.0727. The van der Waals surface area contributed by atoms with E-state index in [4.69, 9.17) is 0 Å². The quantitative estimate of drug-likeness (QED) is 0.731. The average Bonchev–Trinajstić information content (AvgIpc) is 3.42. The van der Waals surface area contributed by atoms with Gasteiger partial charge in [-0.25, -0.2) is 0 Å². The zero-order valence-corrected chi connectivity index (χ0v) is 17.0. The summed E-state index contributed by atoms with van der Waals surface area (Å²) >= 11 is 1.53. The number of benzene rings is 1. The van der Waals surface area contributed by atoms with Gasteiger partial charge in [0, 0.05) is 31.1 Å². The number of rotatable bonds is 3. The SMILES string of the molecule is CN(C(=O)c1cc2c(-c3ccccc3)nn(C)c2s1)C1C[C@H]2CC(O)C[C@H]2C1. The van der Waals surface area contributed by atoms with Crippen LogP contribution in [-0.4, -0.2) is 44.9 Å². The molecule has 2 aliphatic carbocycles. The van der Waals surface area contributed by atoms with Crippen LogP contribution in [-0.2, 0) is 7.05 Å². The molecule has 0 bridgehead atoms. The molecule has 6 heteroatoms. The van der Waals surface area contributed by atoms with Crippen LogP contribution in [0.1, 0.15) is 35.4 Å². The molecule has 0 radical (unpaired) electrons. The normalized spacial score (nSPS) is 26.7.